The molecule has 0 aliphatic heterocycles. The van der Waals surface area contributed by atoms with Gasteiger partial charge in [-0.15, -0.1) is 11.3 Å². The van der Waals surface area contributed by atoms with Crippen LogP contribution in [0.4, 0.5) is 0 Å². The van der Waals surface area contributed by atoms with Crippen LogP contribution < -0.4 is 5.56 Å². The third kappa shape index (κ3) is 1.19. The first-order valence-electron chi connectivity index (χ1n) is 4.79. The van der Waals surface area contributed by atoms with E-state index in [1.165, 1.54) is 15.9 Å². The minimum Gasteiger partial charge on any atom is -0.330 e. The van der Waals surface area contributed by atoms with Crippen molar-refractivity contribution in [1.82, 2.24) is 9.55 Å². The molecule has 0 spiro atoms. The molecule has 0 radical (unpaired) electrons. The Morgan fingerprint density at radius 3 is 2.94 bits per heavy atom. The SMILES string of the molecule is Cn1c(=S)[nH]c2c(sc3ccccc32)c1=O. The molecule has 0 saturated heterocycles. The summed E-state index contributed by atoms with van der Waals surface area (Å²) >= 11 is 6.61. The number of H-pyrrole nitrogens is 1. The molecule has 3 rings (SSSR count). The maximum Gasteiger partial charge on any atom is 0.272 e. The Kier molecular flexibility index (Phi) is 1.99. The standard InChI is InChI=1S/C11H8N2OS2/c1-13-10(14)9-8(12-11(13)15)6-4-2-3-5-7(6)16-9/h2-5H,1H3,(H,12,15). The van der Waals surface area contributed by atoms with Crippen molar-refractivity contribution in [3.63, 3.8) is 0 Å². The summed E-state index contributed by atoms with van der Waals surface area (Å²) in [5.41, 5.74) is 0.827. The van der Waals surface area contributed by atoms with Gasteiger partial charge in [-0.2, -0.15) is 0 Å². The molecular formula is C11H8N2OS2. The van der Waals surface area contributed by atoms with Crippen molar-refractivity contribution in [2.24, 2.45) is 7.05 Å². The van der Waals surface area contributed by atoms with Crippen LogP contribution in [0.5, 0.6) is 0 Å². The lowest BCUT2D eigenvalue weighted by atomic mass is 10.2. The zero-order chi connectivity index (χ0) is 11.3. The number of thiophene rings is 1. The van der Waals surface area contributed by atoms with Crippen LogP contribution in [0.3, 0.4) is 0 Å². The second-order valence-corrected chi connectivity index (χ2v) is 5.04. The number of aromatic amines is 1. The van der Waals surface area contributed by atoms with Gasteiger partial charge in [-0.3, -0.25) is 9.36 Å². The Hall–Kier alpha value is -1.46. The first-order valence-corrected chi connectivity index (χ1v) is 6.01. The van der Waals surface area contributed by atoms with Crippen LogP contribution in [0.15, 0.2) is 29.1 Å². The highest BCUT2D eigenvalue weighted by Gasteiger charge is 2.09. The van der Waals surface area contributed by atoms with Gasteiger partial charge in [-0.1, -0.05) is 18.2 Å². The molecule has 5 heteroatoms. The predicted octanol–water partition coefficient (Wildman–Crippen LogP) is 2.81. The quantitative estimate of drug-likeness (QED) is 0.621. The number of nitrogens with one attached hydrogen (secondary N) is 1. The average molecular weight is 248 g/mol. The molecule has 0 fully saturated rings. The van der Waals surface area contributed by atoms with E-state index in [-0.39, 0.29) is 5.56 Å². The third-order valence-corrected chi connectivity index (χ3v) is 4.17. The molecule has 0 atom stereocenters. The first-order chi connectivity index (χ1) is 7.68. The van der Waals surface area contributed by atoms with Gasteiger partial charge < -0.3 is 4.98 Å². The Labute approximate surface area is 100.0 Å². The van der Waals surface area contributed by atoms with Crippen molar-refractivity contribution in [3.05, 3.63) is 39.4 Å². The summed E-state index contributed by atoms with van der Waals surface area (Å²) in [6.07, 6.45) is 0. The molecule has 16 heavy (non-hydrogen) atoms. The highest BCUT2D eigenvalue weighted by Crippen LogP contribution is 2.29. The van der Waals surface area contributed by atoms with Crippen molar-refractivity contribution in [2.75, 3.05) is 0 Å². The molecule has 3 aromatic rings. The molecule has 0 unspecified atom stereocenters. The number of aromatic nitrogens is 2. The molecule has 1 N–H and O–H groups in total. The van der Waals surface area contributed by atoms with E-state index < -0.39 is 0 Å². The Morgan fingerprint density at radius 2 is 2.12 bits per heavy atom. The Balaban J connectivity index is 2.72. The minimum atomic E-state index is -0.0278. The summed E-state index contributed by atoms with van der Waals surface area (Å²) in [5, 5.41) is 1.06. The number of rotatable bonds is 0. The molecule has 80 valence electrons. The fourth-order valence-corrected chi connectivity index (χ4v) is 3.07. The smallest absolute Gasteiger partial charge is 0.272 e. The number of fused-ring (bicyclic) bond motifs is 3. The van der Waals surface area contributed by atoms with Gasteiger partial charge in [-0.25, -0.2) is 0 Å². The molecule has 0 bridgehead atoms. The van der Waals surface area contributed by atoms with E-state index in [1.54, 1.807) is 7.05 Å². The zero-order valence-corrected chi connectivity index (χ0v) is 10.1. The highest BCUT2D eigenvalue weighted by atomic mass is 32.1. The van der Waals surface area contributed by atoms with Crippen LogP contribution in [0.2, 0.25) is 0 Å². The van der Waals surface area contributed by atoms with Crippen molar-refractivity contribution >= 4 is 43.9 Å². The van der Waals surface area contributed by atoms with E-state index in [0.717, 1.165) is 20.3 Å². The van der Waals surface area contributed by atoms with E-state index in [1.807, 2.05) is 24.3 Å². The lowest BCUT2D eigenvalue weighted by Crippen LogP contribution is -2.17. The molecule has 0 aliphatic rings. The van der Waals surface area contributed by atoms with Gasteiger partial charge >= 0.3 is 0 Å². The maximum atomic E-state index is 12.0. The van der Waals surface area contributed by atoms with Gasteiger partial charge in [0.1, 0.15) is 4.70 Å². The van der Waals surface area contributed by atoms with Crippen molar-refractivity contribution < 1.29 is 0 Å². The second kappa shape index (κ2) is 3.26. The van der Waals surface area contributed by atoms with Crippen LogP contribution in [-0.4, -0.2) is 9.55 Å². The van der Waals surface area contributed by atoms with Gasteiger partial charge in [0.2, 0.25) is 0 Å². The lowest BCUT2D eigenvalue weighted by Gasteiger charge is -1.97. The number of nitrogens with zero attached hydrogens (tertiary/aromatic N) is 1. The van der Waals surface area contributed by atoms with Crippen molar-refractivity contribution in [2.45, 2.75) is 0 Å². The number of hydrogen-bond donors (Lipinski definition) is 1. The van der Waals surface area contributed by atoms with Gasteiger partial charge in [0.15, 0.2) is 4.77 Å². The van der Waals surface area contributed by atoms with Gasteiger partial charge in [0.25, 0.3) is 5.56 Å². The molecule has 2 heterocycles. The summed E-state index contributed by atoms with van der Waals surface area (Å²) in [6.45, 7) is 0. The van der Waals surface area contributed by atoms with Crippen molar-refractivity contribution in [1.29, 1.82) is 0 Å². The van der Waals surface area contributed by atoms with E-state index in [0.29, 0.717) is 4.77 Å². The molecule has 1 aromatic carbocycles. The summed E-state index contributed by atoms with van der Waals surface area (Å²) in [7, 11) is 1.69. The van der Waals surface area contributed by atoms with Gasteiger partial charge in [0, 0.05) is 17.1 Å². The fourth-order valence-electron chi connectivity index (χ4n) is 1.76. The van der Waals surface area contributed by atoms with E-state index in [4.69, 9.17) is 12.2 Å². The molecule has 2 aromatic heterocycles. The zero-order valence-electron chi connectivity index (χ0n) is 8.48. The van der Waals surface area contributed by atoms with Crippen molar-refractivity contribution in [3.8, 4) is 0 Å². The minimum absolute atomic E-state index is 0.0278. The van der Waals surface area contributed by atoms with Crippen LogP contribution in [0, 0.1) is 4.77 Å². The monoisotopic (exact) mass is 248 g/mol. The van der Waals surface area contributed by atoms with Crippen LogP contribution in [0.25, 0.3) is 20.3 Å². The van der Waals surface area contributed by atoms with E-state index in [2.05, 4.69) is 4.98 Å². The number of benzene rings is 1. The van der Waals surface area contributed by atoms with Crippen LogP contribution in [-0.2, 0) is 7.05 Å². The molecule has 0 amide bonds. The Bertz CT molecular complexity index is 810. The van der Waals surface area contributed by atoms with E-state index >= 15 is 0 Å². The maximum absolute atomic E-state index is 12.0. The predicted molar refractivity (Wildman–Crippen MR) is 69.8 cm³/mol. The molecule has 3 nitrogen and oxygen atoms in total. The molecule has 0 saturated carbocycles. The van der Waals surface area contributed by atoms with Gasteiger partial charge in [0.05, 0.1) is 5.52 Å². The van der Waals surface area contributed by atoms with Crippen LogP contribution in [0.1, 0.15) is 0 Å². The number of hydrogen-bond acceptors (Lipinski definition) is 3. The molecular weight excluding hydrogens is 240 g/mol. The largest absolute Gasteiger partial charge is 0.330 e. The first kappa shape index (κ1) is 9.74. The summed E-state index contributed by atoms with van der Waals surface area (Å²) in [4.78, 5) is 15.1. The average Bonchev–Trinajstić information content (AvgIpc) is 2.65. The lowest BCUT2D eigenvalue weighted by molar-refractivity contribution is 0.827. The van der Waals surface area contributed by atoms with E-state index in [9.17, 15) is 4.79 Å². The summed E-state index contributed by atoms with van der Waals surface area (Å²) < 4.78 is 3.76. The summed E-state index contributed by atoms with van der Waals surface area (Å²) in [6, 6.07) is 7.94. The topological polar surface area (TPSA) is 37.8 Å². The normalized spacial score (nSPS) is 11.3. The second-order valence-electron chi connectivity index (χ2n) is 3.60. The Morgan fingerprint density at radius 1 is 1.38 bits per heavy atom. The molecule has 0 aliphatic carbocycles. The van der Waals surface area contributed by atoms with Gasteiger partial charge in [-0.05, 0) is 18.3 Å². The highest BCUT2D eigenvalue weighted by molar-refractivity contribution is 7.71. The van der Waals surface area contributed by atoms with Crippen LogP contribution >= 0.6 is 23.6 Å². The third-order valence-electron chi connectivity index (χ3n) is 2.63. The fraction of sp³-hybridized carbons (Fsp3) is 0.0909. The summed E-state index contributed by atoms with van der Waals surface area (Å²) in [5.74, 6) is 0.